The van der Waals surface area contributed by atoms with Gasteiger partial charge in [-0.3, -0.25) is 9.59 Å². The third-order valence-corrected chi connectivity index (χ3v) is 5.90. The molecule has 2 atom stereocenters. The van der Waals surface area contributed by atoms with Crippen LogP contribution in [0.15, 0.2) is 78.9 Å². The average molecular weight is 504 g/mol. The molecule has 3 aromatic carbocycles. The van der Waals surface area contributed by atoms with Gasteiger partial charge in [-0.15, -0.1) is 0 Å². The molecule has 0 spiro atoms. The minimum atomic E-state index is -0.943. The first kappa shape index (κ1) is 29.8. The molecule has 0 saturated carbocycles. The molecule has 3 aromatic rings. The number of ether oxygens (including phenoxy) is 1. The first-order valence-electron chi connectivity index (χ1n) is 12.9. The van der Waals surface area contributed by atoms with Crippen molar-refractivity contribution in [1.29, 1.82) is 0 Å². The lowest BCUT2D eigenvalue weighted by atomic mass is 9.94. The summed E-state index contributed by atoms with van der Waals surface area (Å²) in [4.78, 5) is 23.4. The van der Waals surface area contributed by atoms with Crippen LogP contribution in [0.2, 0.25) is 0 Å². The third-order valence-electron chi connectivity index (χ3n) is 5.90. The third kappa shape index (κ3) is 11.0. The van der Waals surface area contributed by atoms with E-state index >= 15 is 0 Å². The molecule has 0 fully saturated rings. The molecule has 5 nitrogen and oxygen atoms in total. The van der Waals surface area contributed by atoms with Gasteiger partial charge in [0.05, 0.1) is 12.3 Å². The number of carbonyl (C=O) groups excluding carboxylic acids is 1. The maximum atomic E-state index is 11.9. The van der Waals surface area contributed by atoms with Gasteiger partial charge in [0.2, 0.25) is 0 Å². The summed E-state index contributed by atoms with van der Waals surface area (Å²) in [6.07, 6.45) is 1.87. The van der Waals surface area contributed by atoms with E-state index in [-0.39, 0.29) is 12.5 Å². The SMILES string of the molecule is C[C@H](N)c1ccccc1.Cc1cc(CCC[C@H](CC(=O)OC(C)(C)C)C(=O)O)ccc1-c1ccccc1. The summed E-state index contributed by atoms with van der Waals surface area (Å²) in [5, 5.41) is 9.42. The van der Waals surface area contributed by atoms with Crippen molar-refractivity contribution in [3.63, 3.8) is 0 Å². The normalized spacial score (nSPS) is 12.6. The van der Waals surface area contributed by atoms with E-state index in [1.165, 1.54) is 27.8 Å². The number of nitrogens with two attached hydrogens (primary N) is 1. The van der Waals surface area contributed by atoms with Crippen molar-refractivity contribution >= 4 is 11.9 Å². The number of esters is 1. The number of carboxylic acid groups (broad SMARTS) is 1. The molecule has 0 aliphatic heterocycles. The Morgan fingerprint density at radius 3 is 2.03 bits per heavy atom. The van der Waals surface area contributed by atoms with Crippen molar-refractivity contribution in [2.24, 2.45) is 11.7 Å². The van der Waals surface area contributed by atoms with Crippen LogP contribution in [0.5, 0.6) is 0 Å². The predicted octanol–water partition coefficient (Wildman–Crippen LogP) is 7.12. The molecule has 5 heteroatoms. The van der Waals surface area contributed by atoms with Gasteiger partial charge in [-0.05, 0) is 81.7 Å². The van der Waals surface area contributed by atoms with Crippen molar-refractivity contribution < 1.29 is 19.4 Å². The van der Waals surface area contributed by atoms with E-state index < -0.39 is 23.5 Å². The molecular formula is C32H41NO4. The maximum absolute atomic E-state index is 11.9. The number of carboxylic acids is 1. The largest absolute Gasteiger partial charge is 0.481 e. The molecule has 0 bridgehead atoms. The second-order valence-electron chi connectivity index (χ2n) is 10.4. The quantitative estimate of drug-likeness (QED) is 0.303. The van der Waals surface area contributed by atoms with Crippen LogP contribution in [0.3, 0.4) is 0 Å². The summed E-state index contributed by atoms with van der Waals surface area (Å²) in [6, 6.07) is 26.8. The minimum Gasteiger partial charge on any atom is -0.481 e. The number of aryl methyl sites for hydroxylation is 2. The number of rotatable bonds is 9. The molecular weight excluding hydrogens is 462 g/mol. The Morgan fingerprint density at radius 1 is 0.946 bits per heavy atom. The Hall–Kier alpha value is -3.44. The van der Waals surface area contributed by atoms with Crippen LogP contribution in [0, 0.1) is 12.8 Å². The zero-order valence-corrected chi connectivity index (χ0v) is 22.7. The lowest BCUT2D eigenvalue weighted by Gasteiger charge is -2.21. The van der Waals surface area contributed by atoms with E-state index in [4.69, 9.17) is 10.5 Å². The second-order valence-corrected chi connectivity index (χ2v) is 10.4. The van der Waals surface area contributed by atoms with Crippen molar-refractivity contribution in [3.05, 3.63) is 95.6 Å². The van der Waals surface area contributed by atoms with Gasteiger partial charge in [0, 0.05) is 6.04 Å². The van der Waals surface area contributed by atoms with E-state index in [2.05, 4.69) is 37.3 Å². The molecule has 0 unspecified atom stereocenters. The predicted molar refractivity (Wildman–Crippen MR) is 150 cm³/mol. The second kappa shape index (κ2) is 14.3. The molecule has 0 heterocycles. The Bertz CT molecular complexity index is 1120. The molecule has 3 N–H and O–H groups in total. The standard InChI is InChI=1S/C24H30O4.C8H11N/c1-17-15-18(13-14-21(17)19-10-6-5-7-11-19)9-8-12-20(23(26)27)16-22(25)28-24(2,3)4;1-7(9)8-5-3-2-4-6-8/h5-7,10-11,13-15,20H,8-9,12,16H2,1-4H3,(H,26,27);2-7H,9H2,1H3/t20-;7-/m10/s1. The molecule has 198 valence electrons. The van der Waals surface area contributed by atoms with Crippen LogP contribution < -0.4 is 5.73 Å². The fourth-order valence-corrected chi connectivity index (χ4v) is 4.03. The molecule has 0 aromatic heterocycles. The number of benzene rings is 3. The van der Waals surface area contributed by atoms with E-state index in [9.17, 15) is 14.7 Å². The van der Waals surface area contributed by atoms with Gasteiger partial charge in [0.1, 0.15) is 5.60 Å². The van der Waals surface area contributed by atoms with E-state index in [1.54, 1.807) is 20.8 Å². The highest BCUT2D eigenvalue weighted by atomic mass is 16.6. The zero-order valence-electron chi connectivity index (χ0n) is 22.7. The van der Waals surface area contributed by atoms with Gasteiger partial charge in [-0.25, -0.2) is 0 Å². The number of hydrogen-bond acceptors (Lipinski definition) is 4. The monoisotopic (exact) mass is 503 g/mol. The van der Waals surface area contributed by atoms with Crippen LogP contribution in [0.4, 0.5) is 0 Å². The first-order chi connectivity index (χ1) is 17.5. The average Bonchev–Trinajstić information content (AvgIpc) is 2.84. The zero-order chi connectivity index (χ0) is 27.4. The Kier molecular flexibility index (Phi) is 11.5. The summed E-state index contributed by atoms with van der Waals surface area (Å²) in [5.41, 5.74) is 11.0. The highest BCUT2D eigenvalue weighted by Gasteiger charge is 2.24. The molecule has 0 aliphatic rings. The lowest BCUT2D eigenvalue weighted by Crippen LogP contribution is -2.27. The summed E-state index contributed by atoms with van der Waals surface area (Å²) in [6.45, 7) is 9.41. The molecule has 0 saturated heterocycles. The summed E-state index contributed by atoms with van der Waals surface area (Å²) >= 11 is 0. The Balaban J connectivity index is 0.000000449. The molecule has 3 rings (SSSR count). The fourth-order valence-electron chi connectivity index (χ4n) is 4.03. The Labute approximate surface area is 221 Å². The van der Waals surface area contributed by atoms with Crippen molar-refractivity contribution in [2.45, 2.75) is 71.9 Å². The molecule has 0 amide bonds. The van der Waals surface area contributed by atoms with Crippen LogP contribution in [-0.2, 0) is 20.7 Å². The maximum Gasteiger partial charge on any atom is 0.307 e. The topological polar surface area (TPSA) is 89.6 Å². The number of carbonyl (C=O) groups is 2. The van der Waals surface area contributed by atoms with Gasteiger partial charge < -0.3 is 15.6 Å². The van der Waals surface area contributed by atoms with E-state index in [0.29, 0.717) is 12.8 Å². The molecule has 0 aliphatic carbocycles. The van der Waals surface area contributed by atoms with E-state index in [0.717, 1.165) is 6.42 Å². The van der Waals surface area contributed by atoms with Crippen molar-refractivity contribution in [2.75, 3.05) is 0 Å². The fraction of sp³-hybridized carbons (Fsp3) is 0.375. The minimum absolute atomic E-state index is 0.0847. The number of aliphatic carboxylic acids is 1. The highest BCUT2D eigenvalue weighted by Crippen LogP contribution is 2.25. The van der Waals surface area contributed by atoms with Gasteiger partial charge in [0.15, 0.2) is 0 Å². The molecule has 37 heavy (non-hydrogen) atoms. The highest BCUT2D eigenvalue weighted by molar-refractivity contribution is 5.79. The summed E-state index contributed by atoms with van der Waals surface area (Å²) < 4.78 is 5.25. The summed E-state index contributed by atoms with van der Waals surface area (Å²) in [7, 11) is 0. The van der Waals surface area contributed by atoms with Gasteiger partial charge >= 0.3 is 11.9 Å². The van der Waals surface area contributed by atoms with E-state index in [1.807, 2.05) is 55.5 Å². The van der Waals surface area contributed by atoms with Gasteiger partial charge in [0.25, 0.3) is 0 Å². The van der Waals surface area contributed by atoms with Crippen LogP contribution in [0.1, 0.15) is 69.7 Å². The van der Waals surface area contributed by atoms with Crippen molar-refractivity contribution in [1.82, 2.24) is 0 Å². The van der Waals surface area contributed by atoms with Crippen molar-refractivity contribution in [3.8, 4) is 11.1 Å². The first-order valence-corrected chi connectivity index (χ1v) is 12.9. The molecule has 0 radical (unpaired) electrons. The number of hydrogen-bond donors (Lipinski definition) is 2. The van der Waals surface area contributed by atoms with Gasteiger partial charge in [-0.1, -0.05) is 78.9 Å². The van der Waals surface area contributed by atoms with Crippen LogP contribution in [0.25, 0.3) is 11.1 Å². The Morgan fingerprint density at radius 2 is 1.54 bits per heavy atom. The summed E-state index contributed by atoms with van der Waals surface area (Å²) in [5.74, 6) is -2.11. The van der Waals surface area contributed by atoms with Gasteiger partial charge in [-0.2, -0.15) is 0 Å². The van der Waals surface area contributed by atoms with Crippen LogP contribution >= 0.6 is 0 Å². The van der Waals surface area contributed by atoms with Crippen LogP contribution in [-0.4, -0.2) is 22.6 Å². The smallest absolute Gasteiger partial charge is 0.307 e. The lowest BCUT2D eigenvalue weighted by molar-refractivity contribution is -0.160.